The lowest BCUT2D eigenvalue weighted by molar-refractivity contribution is -0.140. The highest BCUT2D eigenvalue weighted by molar-refractivity contribution is 6.27. The van der Waals surface area contributed by atoms with Crippen molar-refractivity contribution in [2.75, 3.05) is 12.4 Å². The van der Waals surface area contributed by atoms with Crippen molar-refractivity contribution in [1.82, 2.24) is 15.0 Å². The molecule has 180 valence electrons. The monoisotopic (exact) mass is 474 g/mol. The molecule has 35 heavy (non-hydrogen) atoms. The van der Waals surface area contributed by atoms with Crippen molar-refractivity contribution in [1.29, 1.82) is 0 Å². The third-order valence-corrected chi connectivity index (χ3v) is 6.11. The molecule has 4 N–H and O–H groups in total. The van der Waals surface area contributed by atoms with E-state index in [2.05, 4.69) is 25.3 Å². The molecule has 1 saturated carbocycles. The van der Waals surface area contributed by atoms with Crippen LogP contribution in [0.25, 0.3) is 16.7 Å². The van der Waals surface area contributed by atoms with Crippen molar-refractivity contribution < 1.29 is 14.3 Å². The SMILES string of the molecule is CN=C(Nc1cncc(C(C)(C)F)n1)C(=CN)c1ccc(-c2ccc(C3(C(=O)O)CC3)cc2)cn1. The van der Waals surface area contributed by atoms with Gasteiger partial charge >= 0.3 is 5.97 Å². The topological polar surface area (TPSA) is 126 Å². The number of aliphatic imine (C=N–C) groups is 1. The van der Waals surface area contributed by atoms with Crippen LogP contribution in [0.5, 0.6) is 0 Å². The van der Waals surface area contributed by atoms with Gasteiger partial charge in [-0.2, -0.15) is 0 Å². The maximum Gasteiger partial charge on any atom is 0.314 e. The van der Waals surface area contributed by atoms with Gasteiger partial charge in [-0.25, -0.2) is 9.37 Å². The van der Waals surface area contributed by atoms with Crippen LogP contribution in [0, 0.1) is 0 Å². The Bertz CT molecular complexity index is 1290. The van der Waals surface area contributed by atoms with Crippen LogP contribution in [-0.2, 0) is 15.9 Å². The number of rotatable bonds is 7. The van der Waals surface area contributed by atoms with Crippen LogP contribution >= 0.6 is 0 Å². The highest BCUT2D eigenvalue weighted by Gasteiger charge is 2.51. The summed E-state index contributed by atoms with van der Waals surface area (Å²) in [6.45, 7) is 2.83. The average Bonchev–Trinajstić information content (AvgIpc) is 3.66. The lowest BCUT2D eigenvalue weighted by Gasteiger charge is -2.16. The van der Waals surface area contributed by atoms with E-state index in [1.807, 2.05) is 36.4 Å². The molecule has 1 aliphatic carbocycles. The normalized spacial score (nSPS) is 15.5. The first-order valence-corrected chi connectivity index (χ1v) is 11.2. The van der Waals surface area contributed by atoms with Gasteiger partial charge in [0, 0.05) is 25.0 Å². The van der Waals surface area contributed by atoms with Crippen molar-refractivity contribution in [2.45, 2.75) is 37.8 Å². The molecule has 0 bridgehead atoms. The van der Waals surface area contributed by atoms with Crippen LogP contribution in [-0.4, -0.2) is 38.9 Å². The number of nitrogens with two attached hydrogens (primary N) is 1. The summed E-state index contributed by atoms with van der Waals surface area (Å²) in [4.78, 5) is 28.7. The zero-order valence-corrected chi connectivity index (χ0v) is 19.8. The molecular formula is C26H27FN6O2. The highest BCUT2D eigenvalue weighted by Crippen LogP contribution is 2.48. The van der Waals surface area contributed by atoms with Gasteiger partial charge in [0.2, 0.25) is 0 Å². The van der Waals surface area contributed by atoms with Crippen molar-refractivity contribution in [2.24, 2.45) is 10.7 Å². The van der Waals surface area contributed by atoms with E-state index in [-0.39, 0.29) is 5.69 Å². The number of pyridine rings is 1. The van der Waals surface area contributed by atoms with Gasteiger partial charge in [-0.15, -0.1) is 0 Å². The predicted molar refractivity (Wildman–Crippen MR) is 134 cm³/mol. The van der Waals surface area contributed by atoms with Gasteiger partial charge in [0.15, 0.2) is 0 Å². The molecule has 0 amide bonds. The number of anilines is 1. The Morgan fingerprint density at radius 1 is 1.14 bits per heavy atom. The average molecular weight is 475 g/mol. The van der Waals surface area contributed by atoms with E-state index in [0.29, 0.717) is 35.8 Å². The van der Waals surface area contributed by atoms with Crippen LogP contribution in [0.4, 0.5) is 10.2 Å². The summed E-state index contributed by atoms with van der Waals surface area (Å²) in [5.41, 5.74) is 7.49. The van der Waals surface area contributed by atoms with Crippen molar-refractivity contribution >= 4 is 23.2 Å². The van der Waals surface area contributed by atoms with Crippen molar-refractivity contribution in [3.8, 4) is 11.1 Å². The molecule has 0 atom stereocenters. The molecule has 1 aliphatic rings. The molecule has 0 spiro atoms. The van der Waals surface area contributed by atoms with E-state index in [4.69, 9.17) is 5.73 Å². The van der Waals surface area contributed by atoms with Gasteiger partial charge in [0.25, 0.3) is 0 Å². The number of carboxylic acids is 1. The molecular weight excluding hydrogens is 447 g/mol. The number of carbonyl (C=O) groups is 1. The maximum absolute atomic E-state index is 14.3. The summed E-state index contributed by atoms with van der Waals surface area (Å²) in [5, 5.41) is 12.5. The summed E-state index contributed by atoms with van der Waals surface area (Å²) in [7, 11) is 1.60. The van der Waals surface area contributed by atoms with Crippen LogP contribution in [0.3, 0.4) is 0 Å². The molecule has 8 nitrogen and oxygen atoms in total. The van der Waals surface area contributed by atoms with Gasteiger partial charge < -0.3 is 16.2 Å². The second-order valence-electron chi connectivity index (χ2n) is 8.94. The minimum atomic E-state index is -1.64. The van der Waals surface area contributed by atoms with E-state index in [0.717, 1.165) is 16.7 Å². The fourth-order valence-corrected chi connectivity index (χ4v) is 3.82. The summed E-state index contributed by atoms with van der Waals surface area (Å²) < 4.78 is 14.3. The van der Waals surface area contributed by atoms with Crippen LogP contribution in [0.15, 0.2) is 66.2 Å². The van der Waals surface area contributed by atoms with E-state index >= 15 is 0 Å². The molecule has 9 heteroatoms. The molecule has 0 radical (unpaired) electrons. The quantitative estimate of drug-likeness (QED) is 0.344. The Balaban J connectivity index is 1.53. The summed E-state index contributed by atoms with van der Waals surface area (Å²) in [6, 6.07) is 11.3. The first kappa shape index (κ1) is 24.0. The zero-order chi connectivity index (χ0) is 25.2. The first-order valence-electron chi connectivity index (χ1n) is 11.2. The molecule has 1 fully saturated rings. The Kier molecular flexibility index (Phi) is 6.34. The van der Waals surface area contributed by atoms with Gasteiger partial charge in [-0.1, -0.05) is 30.3 Å². The highest BCUT2D eigenvalue weighted by atomic mass is 19.1. The number of benzene rings is 1. The second kappa shape index (κ2) is 9.25. The molecule has 1 aromatic carbocycles. The Hall–Kier alpha value is -4.14. The van der Waals surface area contributed by atoms with E-state index in [1.165, 1.54) is 32.4 Å². The number of aliphatic carboxylic acids is 1. The van der Waals surface area contributed by atoms with Crippen LogP contribution < -0.4 is 11.1 Å². The molecule has 0 aliphatic heterocycles. The summed E-state index contributed by atoms with van der Waals surface area (Å²) in [5.74, 6) is -0.0335. The number of nitrogens with zero attached hydrogens (tertiary/aromatic N) is 4. The molecule has 0 saturated heterocycles. The van der Waals surface area contributed by atoms with Gasteiger partial charge in [0.1, 0.15) is 17.3 Å². The lowest BCUT2D eigenvalue weighted by Crippen LogP contribution is -2.19. The predicted octanol–water partition coefficient (Wildman–Crippen LogP) is 4.30. The van der Waals surface area contributed by atoms with E-state index in [9.17, 15) is 14.3 Å². The van der Waals surface area contributed by atoms with Gasteiger partial charge in [0.05, 0.1) is 34.8 Å². The molecule has 2 aromatic heterocycles. The summed E-state index contributed by atoms with van der Waals surface area (Å²) in [6.07, 6.45) is 7.31. The number of nitrogens with one attached hydrogen (secondary N) is 1. The number of hydrogen-bond acceptors (Lipinski definition) is 6. The van der Waals surface area contributed by atoms with Crippen LogP contribution in [0.1, 0.15) is 43.6 Å². The Morgan fingerprint density at radius 2 is 1.83 bits per heavy atom. The summed E-state index contributed by atoms with van der Waals surface area (Å²) >= 11 is 0. The third kappa shape index (κ3) is 4.89. The molecule has 0 unspecified atom stereocenters. The fraction of sp³-hybridized carbons (Fsp3) is 0.269. The van der Waals surface area contributed by atoms with Gasteiger partial charge in [-0.3, -0.25) is 19.8 Å². The van der Waals surface area contributed by atoms with Crippen molar-refractivity contribution in [3.05, 3.63) is 78.1 Å². The minimum absolute atomic E-state index is 0.195. The standard InChI is InChI=1S/C26H27FN6O2/c1-25(2,27)21-14-30-15-22(32-21)33-23(29-3)19(12-28)20-9-6-17(13-31-20)16-4-7-18(8-5-16)26(10-11-26)24(34)35/h4-9,12-15H,10-11,28H2,1-3H3,(H,34,35)(H,29,32,33). The Labute approximate surface area is 202 Å². The maximum atomic E-state index is 14.3. The number of hydrogen-bond donors (Lipinski definition) is 3. The number of aromatic nitrogens is 3. The van der Waals surface area contributed by atoms with E-state index < -0.39 is 17.1 Å². The molecule has 2 heterocycles. The minimum Gasteiger partial charge on any atom is -0.481 e. The molecule has 4 rings (SSSR count). The zero-order valence-electron chi connectivity index (χ0n) is 19.8. The lowest BCUT2D eigenvalue weighted by atomic mass is 9.94. The second-order valence-corrected chi connectivity index (χ2v) is 8.94. The number of alkyl halides is 1. The molecule has 3 aromatic rings. The number of carboxylic acid groups (broad SMARTS) is 1. The Morgan fingerprint density at radius 3 is 2.34 bits per heavy atom. The van der Waals surface area contributed by atoms with E-state index in [1.54, 1.807) is 13.2 Å². The number of halogens is 1. The van der Waals surface area contributed by atoms with Crippen LogP contribution in [0.2, 0.25) is 0 Å². The first-order chi connectivity index (χ1) is 16.7. The fourth-order valence-electron chi connectivity index (χ4n) is 3.82. The number of amidine groups is 1. The van der Waals surface area contributed by atoms with Crippen molar-refractivity contribution in [3.63, 3.8) is 0 Å². The largest absolute Gasteiger partial charge is 0.481 e. The van der Waals surface area contributed by atoms with Gasteiger partial charge in [-0.05, 0) is 43.9 Å². The third-order valence-electron chi connectivity index (χ3n) is 6.11. The smallest absolute Gasteiger partial charge is 0.314 e.